The number of hydrogen-bond donors (Lipinski definition) is 2. The number of rotatable bonds is 6. The molecule has 0 aliphatic carbocycles. The van der Waals surface area contributed by atoms with Crippen LogP contribution in [-0.4, -0.2) is 36.4 Å². The summed E-state index contributed by atoms with van der Waals surface area (Å²) < 4.78 is 9.97. The molecule has 0 radical (unpaired) electrons. The number of anilines is 2. The molecular weight excluding hydrogens is 402 g/mol. The molecular formula is C22H23N3O4S. The minimum absolute atomic E-state index is 0.0782. The number of benzene rings is 2. The molecule has 2 N–H and O–H groups in total. The normalized spacial score (nSPS) is 13.6. The van der Waals surface area contributed by atoms with Gasteiger partial charge in [-0.25, -0.2) is 4.99 Å². The smallest absolute Gasteiger partial charge is 0.311 e. The second-order valence-corrected chi connectivity index (χ2v) is 7.86. The monoisotopic (exact) mass is 425 g/mol. The van der Waals surface area contributed by atoms with Crippen molar-refractivity contribution in [3.63, 3.8) is 0 Å². The maximum atomic E-state index is 12.7. The summed E-state index contributed by atoms with van der Waals surface area (Å²) in [6.07, 6.45) is 1.85. The van der Waals surface area contributed by atoms with Gasteiger partial charge in [0.25, 0.3) is 0 Å². The minimum atomic E-state index is -0.421. The number of thioether (sulfide) groups is 1. The Morgan fingerprint density at radius 3 is 2.73 bits per heavy atom. The topological polar surface area (TPSA) is 89.0 Å². The largest absolute Gasteiger partial charge is 0.497 e. The number of para-hydroxylation sites is 2. The lowest BCUT2D eigenvalue weighted by Gasteiger charge is -2.13. The third kappa shape index (κ3) is 5.64. The van der Waals surface area contributed by atoms with Crippen LogP contribution in [0.2, 0.25) is 0 Å². The number of amides is 1. The summed E-state index contributed by atoms with van der Waals surface area (Å²) in [7, 11) is 2.93. The van der Waals surface area contributed by atoms with E-state index in [-0.39, 0.29) is 18.3 Å². The average molecular weight is 426 g/mol. The number of nitrogens with one attached hydrogen (secondary N) is 2. The fraction of sp³-hybridized carbons (Fsp3) is 0.227. The van der Waals surface area contributed by atoms with Gasteiger partial charge in [-0.15, -0.1) is 0 Å². The molecule has 2 aromatic carbocycles. The van der Waals surface area contributed by atoms with Crippen molar-refractivity contribution in [2.24, 2.45) is 4.99 Å². The third-order valence-corrected chi connectivity index (χ3v) is 5.31. The quantitative estimate of drug-likeness (QED) is 0.669. The van der Waals surface area contributed by atoms with Gasteiger partial charge in [-0.2, -0.15) is 0 Å². The van der Waals surface area contributed by atoms with Gasteiger partial charge in [-0.3, -0.25) is 9.59 Å². The van der Waals surface area contributed by atoms with Crippen molar-refractivity contribution < 1.29 is 19.1 Å². The van der Waals surface area contributed by atoms with E-state index in [1.165, 1.54) is 18.9 Å². The predicted molar refractivity (Wildman–Crippen MR) is 121 cm³/mol. The highest BCUT2D eigenvalue weighted by atomic mass is 32.2. The van der Waals surface area contributed by atoms with Crippen LogP contribution < -0.4 is 15.4 Å². The first-order chi connectivity index (χ1) is 14.5. The first kappa shape index (κ1) is 21.4. The molecule has 0 saturated carbocycles. The van der Waals surface area contributed by atoms with Crippen LogP contribution in [0, 0.1) is 0 Å². The van der Waals surface area contributed by atoms with E-state index in [9.17, 15) is 9.59 Å². The average Bonchev–Trinajstić information content (AvgIpc) is 2.91. The number of ether oxygens (including phenoxy) is 2. The molecule has 0 bridgehead atoms. The molecule has 1 unspecified atom stereocenters. The zero-order chi connectivity index (χ0) is 21.5. The first-order valence-corrected chi connectivity index (χ1v) is 10.2. The highest BCUT2D eigenvalue weighted by molar-refractivity contribution is 8.15. The van der Waals surface area contributed by atoms with Crippen molar-refractivity contribution in [2.45, 2.75) is 18.6 Å². The van der Waals surface area contributed by atoms with Crippen LogP contribution in [0.3, 0.4) is 0 Å². The van der Waals surface area contributed by atoms with Crippen molar-refractivity contribution in [1.82, 2.24) is 0 Å². The Kier molecular flexibility index (Phi) is 7.13. The van der Waals surface area contributed by atoms with E-state index in [0.717, 1.165) is 11.4 Å². The summed E-state index contributed by atoms with van der Waals surface area (Å²) in [5.74, 6) is 0.143. The van der Waals surface area contributed by atoms with E-state index < -0.39 is 5.25 Å². The predicted octanol–water partition coefficient (Wildman–Crippen LogP) is 4.36. The number of methoxy groups -OCH3 is 2. The third-order valence-electron chi connectivity index (χ3n) is 4.29. The summed E-state index contributed by atoms with van der Waals surface area (Å²) in [5, 5.41) is 6.32. The number of esters is 1. The first-order valence-electron chi connectivity index (χ1n) is 9.32. The van der Waals surface area contributed by atoms with Crippen molar-refractivity contribution in [3.05, 3.63) is 60.3 Å². The summed E-state index contributed by atoms with van der Waals surface area (Å²) in [6.45, 7) is 1.81. The number of aliphatic imine (C=N–C) groups is 1. The molecule has 2 aromatic rings. The van der Waals surface area contributed by atoms with Crippen LogP contribution in [0.25, 0.3) is 0 Å². The lowest BCUT2D eigenvalue weighted by Crippen LogP contribution is -2.23. The lowest BCUT2D eigenvalue weighted by molar-refractivity contribution is -0.139. The van der Waals surface area contributed by atoms with Gasteiger partial charge in [-0.05, 0) is 37.3 Å². The minimum Gasteiger partial charge on any atom is -0.497 e. The van der Waals surface area contributed by atoms with Gasteiger partial charge in [-0.1, -0.05) is 30.0 Å². The Labute approximate surface area is 179 Å². The fourth-order valence-electron chi connectivity index (χ4n) is 2.75. The van der Waals surface area contributed by atoms with Crippen LogP contribution in [0.1, 0.15) is 13.3 Å². The Hall–Kier alpha value is -3.26. The fourth-order valence-corrected chi connectivity index (χ4v) is 3.64. The number of carbonyl (C=O) groups excluding carboxylic acids is 2. The van der Waals surface area contributed by atoms with Gasteiger partial charge in [0.15, 0.2) is 0 Å². The maximum Gasteiger partial charge on any atom is 0.311 e. The van der Waals surface area contributed by atoms with E-state index in [1.54, 1.807) is 32.2 Å². The molecule has 0 fully saturated rings. The SMILES string of the molecule is COC(=O)CC1=CC(SC(C)C(=O)Nc2cccc(OC)c2)=Nc2ccccc2N1. The summed E-state index contributed by atoms with van der Waals surface area (Å²) >= 11 is 1.31. The van der Waals surface area contributed by atoms with Crippen molar-refractivity contribution >= 4 is 45.7 Å². The van der Waals surface area contributed by atoms with Crippen molar-refractivity contribution in [1.29, 1.82) is 0 Å². The summed E-state index contributed by atoms with van der Waals surface area (Å²) in [4.78, 5) is 29.1. The molecule has 7 nitrogen and oxygen atoms in total. The van der Waals surface area contributed by atoms with Crippen LogP contribution >= 0.6 is 11.8 Å². The van der Waals surface area contributed by atoms with Gasteiger partial charge in [0, 0.05) is 17.5 Å². The number of fused-ring (bicyclic) bond motifs is 1. The molecule has 1 atom stereocenters. The standard InChI is InChI=1S/C22H23N3O4S/c1-14(22(27)24-15-7-6-8-17(11-15)28-2)30-20-12-16(13-21(26)29-3)23-18-9-4-5-10-19(18)25-20/h4-12,14,23H,13H2,1-3H3,(H,24,27). The molecule has 156 valence electrons. The van der Waals surface area contributed by atoms with E-state index in [1.807, 2.05) is 36.4 Å². The zero-order valence-electron chi connectivity index (χ0n) is 17.0. The molecule has 0 saturated heterocycles. The molecule has 0 aromatic heterocycles. The van der Waals surface area contributed by atoms with Crippen LogP contribution in [0.4, 0.5) is 17.1 Å². The Balaban J connectivity index is 1.77. The molecule has 1 aliphatic rings. The zero-order valence-corrected chi connectivity index (χ0v) is 17.8. The highest BCUT2D eigenvalue weighted by Gasteiger charge is 2.20. The highest BCUT2D eigenvalue weighted by Crippen LogP contribution is 2.32. The van der Waals surface area contributed by atoms with Gasteiger partial charge >= 0.3 is 5.97 Å². The van der Waals surface area contributed by atoms with Crippen LogP contribution in [0.15, 0.2) is 65.3 Å². The molecule has 1 amide bonds. The van der Waals surface area contributed by atoms with E-state index >= 15 is 0 Å². The lowest BCUT2D eigenvalue weighted by atomic mass is 10.2. The van der Waals surface area contributed by atoms with E-state index in [0.29, 0.717) is 22.2 Å². The van der Waals surface area contributed by atoms with Gasteiger partial charge < -0.3 is 20.1 Å². The number of hydrogen-bond acceptors (Lipinski definition) is 7. The van der Waals surface area contributed by atoms with Crippen molar-refractivity contribution in [2.75, 3.05) is 24.9 Å². The summed E-state index contributed by atoms with van der Waals surface area (Å²) in [6, 6.07) is 14.7. The van der Waals surface area contributed by atoms with E-state index in [2.05, 4.69) is 15.6 Å². The second-order valence-electron chi connectivity index (χ2n) is 6.50. The molecule has 1 heterocycles. The van der Waals surface area contributed by atoms with Crippen LogP contribution in [0.5, 0.6) is 5.75 Å². The van der Waals surface area contributed by atoms with Gasteiger partial charge in [0.2, 0.25) is 5.91 Å². The summed E-state index contributed by atoms with van der Waals surface area (Å²) in [5.41, 5.74) is 2.83. The van der Waals surface area contributed by atoms with E-state index in [4.69, 9.17) is 9.47 Å². The molecule has 1 aliphatic heterocycles. The molecule has 3 rings (SSSR count). The van der Waals surface area contributed by atoms with Crippen LogP contribution in [-0.2, 0) is 14.3 Å². The van der Waals surface area contributed by atoms with Crippen molar-refractivity contribution in [3.8, 4) is 5.75 Å². The Bertz CT molecular complexity index is 1000. The Morgan fingerprint density at radius 2 is 1.97 bits per heavy atom. The maximum absolute atomic E-state index is 12.7. The number of carbonyl (C=O) groups is 2. The Morgan fingerprint density at radius 1 is 1.17 bits per heavy atom. The van der Waals surface area contributed by atoms with Gasteiger partial charge in [0.1, 0.15) is 5.75 Å². The molecule has 0 spiro atoms. The second kappa shape index (κ2) is 9.98. The molecule has 8 heteroatoms. The van der Waals surface area contributed by atoms with Gasteiger partial charge in [0.05, 0.1) is 42.3 Å². The molecule has 30 heavy (non-hydrogen) atoms. The number of nitrogens with zero attached hydrogens (tertiary/aromatic N) is 1.